The van der Waals surface area contributed by atoms with Crippen LogP contribution in [-0.2, 0) is 14.2 Å². The van der Waals surface area contributed by atoms with Crippen molar-refractivity contribution in [3.8, 4) is 0 Å². The fraction of sp³-hybridized carbons (Fsp3) is 1.00. The normalized spacial score (nSPS) is 23.1. The molecule has 0 aromatic heterocycles. The van der Waals surface area contributed by atoms with E-state index in [1.165, 1.54) is 0 Å². The van der Waals surface area contributed by atoms with E-state index in [0.717, 1.165) is 39.1 Å². The number of hydrogen-bond donors (Lipinski definition) is 0. The van der Waals surface area contributed by atoms with Gasteiger partial charge in [0, 0.05) is 47.5 Å². The van der Waals surface area contributed by atoms with E-state index in [0.29, 0.717) is 0 Å². The Kier molecular flexibility index (Phi) is 8.70. The Labute approximate surface area is 129 Å². The average Bonchev–Trinajstić information content (AvgIpc) is 2.49. The van der Waals surface area contributed by atoms with Gasteiger partial charge in [0.15, 0.2) is 0 Å². The van der Waals surface area contributed by atoms with E-state index in [1.54, 1.807) is 21.3 Å². The summed E-state index contributed by atoms with van der Waals surface area (Å²) in [6.07, 6.45) is 1.77. The highest BCUT2D eigenvalue weighted by atomic mass is 16.5. The first-order chi connectivity index (χ1) is 10.0. The minimum atomic E-state index is 0.184. The molecule has 0 aliphatic carbocycles. The van der Waals surface area contributed by atoms with E-state index in [-0.39, 0.29) is 18.3 Å². The molecule has 126 valence electrons. The maximum atomic E-state index is 5.45. The third-order valence-electron chi connectivity index (χ3n) is 4.05. The van der Waals surface area contributed by atoms with Crippen molar-refractivity contribution in [3.63, 3.8) is 0 Å². The molecule has 1 aliphatic heterocycles. The van der Waals surface area contributed by atoms with Gasteiger partial charge in [0.1, 0.15) is 0 Å². The van der Waals surface area contributed by atoms with Gasteiger partial charge in [-0.25, -0.2) is 10.0 Å². The molecule has 1 rings (SSSR count). The van der Waals surface area contributed by atoms with E-state index < -0.39 is 0 Å². The summed E-state index contributed by atoms with van der Waals surface area (Å²) in [5.41, 5.74) is 0. The summed E-state index contributed by atoms with van der Waals surface area (Å²) in [6.45, 7) is 11.1. The van der Waals surface area contributed by atoms with Gasteiger partial charge in [-0.15, -0.1) is 0 Å². The van der Waals surface area contributed by atoms with Gasteiger partial charge in [-0.2, -0.15) is 5.12 Å². The fourth-order valence-electron chi connectivity index (χ4n) is 2.49. The number of hydrazine groups is 2. The zero-order chi connectivity index (χ0) is 15.8. The lowest BCUT2D eigenvalue weighted by Gasteiger charge is -2.48. The van der Waals surface area contributed by atoms with Crippen molar-refractivity contribution in [2.45, 2.75) is 45.5 Å². The minimum Gasteiger partial charge on any atom is -0.380 e. The lowest BCUT2D eigenvalue weighted by Crippen LogP contribution is -2.62. The summed E-state index contributed by atoms with van der Waals surface area (Å²) in [7, 11) is 5.29. The van der Waals surface area contributed by atoms with Crippen molar-refractivity contribution in [3.05, 3.63) is 0 Å². The Hall–Kier alpha value is -0.240. The van der Waals surface area contributed by atoms with Gasteiger partial charge in [-0.05, 0) is 27.2 Å². The smallest absolute Gasteiger partial charge is 0.0699 e. The molecule has 1 fully saturated rings. The van der Waals surface area contributed by atoms with Gasteiger partial charge in [0.05, 0.1) is 24.9 Å². The molecule has 1 heterocycles. The SMILES string of the molecule is COC(C)CN1CCCN(CC(C)OC)N1CC(C)OC. The van der Waals surface area contributed by atoms with E-state index in [4.69, 9.17) is 14.2 Å². The second-order valence-electron chi connectivity index (χ2n) is 5.87. The molecular formula is C15H33N3O3. The molecule has 0 saturated carbocycles. The van der Waals surface area contributed by atoms with Gasteiger partial charge < -0.3 is 14.2 Å². The Balaban J connectivity index is 2.74. The van der Waals surface area contributed by atoms with E-state index in [9.17, 15) is 0 Å². The van der Waals surface area contributed by atoms with Crippen LogP contribution in [0.4, 0.5) is 0 Å². The Bertz CT molecular complexity index is 261. The molecule has 0 spiro atoms. The molecule has 6 heteroatoms. The van der Waals surface area contributed by atoms with Crippen molar-refractivity contribution >= 4 is 0 Å². The predicted octanol–water partition coefficient (Wildman–Crippen LogP) is 1.23. The van der Waals surface area contributed by atoms with Crippen LogP contribution in [0.3, 0.4) is 0 Å². The second-order valence-corrected chi connectivity index (χ2v) is 5.87. The van der Waals surface area contributed by atoms with Gasteiger partial charge in [-0.1, -0.05) is 0 Å². The number of ether oxygens (including phenoxy) is 3. The largest absolute Gasteiger partial charge is 0.380 e. The molecule has 0 aromatic carbocycles. The molecule has 3 unspecified atom stereocenters. The Morgan fingerprint density at radius 2 is 1.10 bits per heavy atom. The molecule has 0 radical (unpaired) electrons. The molecule has 0 N–H and O–H groups in total. The third-order valence-corrected chi connectivity index (χ3v) is 4.05. The molecule has 1 aliphatic rings. The zero-order valence-corrected chi connectivity index (χ0v) is 14.5. The standard InChI is InChI=1S/C15H33N3O3/c1-13(19-4)10-16-8-7-9-17(11-14(2)20-5)18(16)12-15(3)21-6/h13-15H,7-12H2,1-6H3. The number of methoxy groups -OCH3 is 3. The number of hydrogen-bond acceptors (Lipinski definition) is 6. The van der Waals surface area contributed by atoms with Crippen LogP contribution in [0.25, 0.3) is 0 Å². The van der Waals surface area contributed by atoms with Crippen molar-refractivity contribution < 1.29 is 14.2 Å². The molecule has 0 aromatic rings. The van der Waals surface area contributed by atoms with Gasteiger partial charge >= 0.3 is 0 Å². The van der Waals surface area contributed by atoms with Crippen LogP contribution >= 0.6 is 0 Å². The minimum absolute atomic E-state index is 0.184. The van der Waals surface area contributed by atoms with Crippen molar-refractivity contribution in [1.29, 1.82) is 0 Å². The summed E-state index contributed by atoms with van der Waals surface area (Å²) in [6, 6.07) is 0. The Morgan fingerprint density at radius 3 is 1.48 bits per heavy atom. The molecule has 3 atom stereocenters. The van der Waals surface area contributed by atoms with Crippen LogP contribution in [0.15, 0.2) is 0 Å². The summed E-state index contributed by atoms with van der Waals surface area (Å²) in [5.74, 6) is 0. The van der Waals surface area contributed by atoms with Crippen molar-refractivity contribution in [1.82, 2.24) is 15.1 Å². The summed E-state index contributed by atoms with van der Waals surface area (Å²) in [4.78, 5) is 0. The van der Waals surface area contributed by atoms with Crippen LogP contribution in [0, 0.1) is 0 Å². The summed E-state index contributed by atoms with van der Waals surface area (Å²) < 4.78 is 16.3. The zero-order valence-electron chi connectivity index (χ0n) is 14.5. The van der Waals surface area contributed by atoms with Crippen molar-refractivity contribution in [2.24, 2.45) is 0 Å². The van der Waals surface area contributed by atoms with Gasteiger partial charge in [-0.3, -0.25) is 0 Å². The third kappa shape index (κ3) is 6.18. The number of nitrogens with zero attached hydrogens (tertiary/aromatic N) is 3. The van der Waals surface area contributed by atoms with Crippen LogP contribution in [0.2, 0.25) is 0 Å². The van der Waals surface area contributed by atoms with Crippen LogP contribution in [0.1, 0.15) is 27.2 Å². The van der Waals surface area contributed by atoms with Gasteiger partial charge in [0.25, 0.3) is 0 Å². The monoisotopic (exact) mass is 303 g/mol. The van der Waals surface area contributed by atoms with Gasteiger partial charge in [0.2, 0.25) is 0 Å². The summed E-state index contributed by atoms with van der Waals surface area (Å²) in [5, 5.41) is 7.06. The van der Waals surface area contributed by atoms with E-state index in [1.807, 2.05) is 0 Å². The highest BCUT2D eigenvalue weighted by Gasteiger charge is 2.30. The molecule has 1 saturated heterocycles. The number of rotatable bonds is 9. The first kappa shape index (κ1) is 18.8. The lowest BCUT2D eigenvalue weighted by atomic mass is 10.3. The van der Waals surface area contributed by atoms with E-state index in [2.05, 4.69) is 35.9 Å². The molecule has 21 heavy (non-hydrogen) atoms. The van der Waals surface area contributed by atoms with Crippen LogP contribution < -0.4 is 0 Å². The molecule has 0 amide bonds. The second kappa shape index (κ2) is 9.71. The summed E-state index contributed by atoms with van der Waals surface area (Å²) >= 11 is 0. The lowest BCUT2D eigenvalue weighted by molar-refractivity contribution is -0.236. The fourth-order valence-corrected chi connectivity index (χ4v) is 2.49. The topological polar surface area (TPSA) is 37.4 Å². The quantitative estimate of drug-likeness (QED) is 0.638. The highest BCUT2D eigenvalue weighted by Crippen LogP contribution is 2.16. The maximum Gasteiger partial charge on any atom is 0.0699 e. The van der Waals surface area contributed by atoms with Crippen molar-refractivity contribution in [2.75, 3.05) is 54.1 Å². The van der Waals surface area contributed by atoms with Crippen LogP contribution in [0.5, 0.6) is 0 Å². The predicted molar refractivity (Wildman–Crippen MR) is 83.9 cm³/mol. The van der Waals surface area contributed by atoms with E-state index >= 15 is 0 Å². The first-order valence-electron chi connectivity index (χ1n) is 7.87. The maximum absolute atomic E-state index is 5.45. The molecular weight excluding hydrogens is 270 g/mol. The molecule has 6 nitrogen and oxygen atoms in total. The van der Waals surface area contributed by atoms with Crippen LogP contribution in [-0.4, -0.2) is 87.5 Å². The Morgan fingerprint density at radius 1 is 0.714 bits per heavy atom. The molecule has 0 bridgehead atoms. The first-order valence-corrected chi connectivity index (χ1v) is 7.87. The highest BCUT2D eigenvalue weighted by molar-refractivity contribution is 4.72. The average molecular weight is 303 g/mol.